The van der Waals surface area contributed by atoms with Crippen LogP contribution in [0, 0.1) is 0 Å². The third-order valence-electron chi connectivity index (χ3n) is 3.46. The van der Waals surface area contributed by atoms with Crippen LogP contribution in [-0.4, -0.2) is 52.0 Å². The van der Waals surface area contributed by atoms with E-state index in [0.717, 1.165) is 30.4 Å². The summed E-state index contributed by atoms with van der Waals surface area (Å²) in [5.74, 6) is 0.562. The standard InChI is InChI=1S/C9H10BrN5S.C5H9N3S.C4H2BrClN2/c1-15-5-7(8(14-15)16-2)13-9-11-3-6(10)4-12-9;1-8-3-4(6)5(7-8)9-2;5-3-1-7-4(6)8-2-3/h3-5H,1-2H3,(H,11,12,13);3H,6H2,1-2H3;1-2H. The van der Waals surface area contributed by atoms with Crippen molar-refractivity contribution in [1.29, 1.82) is 0 Å². The van der Waals surface area contributed by atoms with Gasteiger partial charge in [-0.05, 0) is 56.0 Å². The first-order valence-electron chi connectivity index (χ1n) is 9.00. The number of nitrogens with zero attached hydrogens (tertiary/aromatic N) is 8. The molecule has 0 aliphatic carbocycles. The van der Waals surface area contributed by atoms with Gasteiger partial charge in [-0.2, -0.15) is 10.2 Å². The van der Waals surface area contributed by atoms with Crippen LogP contribution in [0.15, 0.2) is 56.2 Å². The van der Waals surface area contributed by atoms with Crippen molar-refractivity contribution in [2.24, 2.45) is 14.1 Å². The number of nitrogen functional groups attached to an aromatic ring is 1. The number of rotatable bonds is 4. The third-order valence-corrected chi connectivity index (χ3v) is 5.87. The Balaban J connectivity index is 0.000000192. The van der Waals surface area contributed by atoms with Crippen LogP contribution in [0.5, 0.6) is 0 Å². The molecule has 0 aliphatic heterocycles. The van der Waals surface area contributed by atoms with E-state index in [2.05, 4.69) is 67.3 Å². The number of anilines is 3. The number of thioether (sulfide) groups is 2. The van der Waals surface area contributed by atoms with Crippen LogP contribution < -0.4 is 11.1 Å². The van der Waals surface area contributed by atoms with Gasteiger partial charge in [-0.1, -0.05) is 0 Å². The predicted molar refractivity (Wildman–Crippen MR) is 142 cm³/mol. The lowest BCUT2D eigenvalue weighted by molar-refractivity contribution is 0.738. The molecule has 4 rings (SSSR count). The fourth-order valence-electron chi connectivity index (χ4n) is 2.14. The molecule has 3 N–H and O–H groups in total. The van der Waals surface area contributed by atoms with Crippen molar-refractivity contribution in [1.82, 2.24) is 39.5 Å². The van der Waals surface area contributed by atoms with Gasteiger partial charge in [0.25, 0.3) is 0 Å². The average molecular weight is 637 g/mol. The minimum atomic E-state index is 0.271. The van der Waals surface area contributed by atoms with Crippen LogP contribution in [-0.2, 0) is 14.1 Å². The lowest BCUT2D eigenvalue weighted by Crippen LogP contribution is -1.96. The van der Waals surface area contributed by atoms with Crippen LogP contribution in [0.25, 0.3) is 0 Å². The van der Waals surface area contributed by atoms with Gasteiger partial charge in [0, 0.05) is 51.3 Å². The minimum absolute atomic E-state index is 0.271. The van der Waals surface area contributed by atoms with Crippen molar-refractivity contribution in [3.63, 3.8) is 0 Å². The summed E-state index contributed by atoms with van der Waals surface area (Å²) in [6.45, 7) is 0. The van der Waals surface area contributed by atoms with Gasteiger partial charge in [-0.15, -0.1) is 23.5 Å². The Bertz CT molecular complexity index is 1120. The van der Waals surface area contributed by atoms with Crippen molar-refractivity contribution in [3.8, 4) is 0 Å². The second-order valence-electron chi connectivity index (χ2n) is 6.01. The maximum Gasteiger partial charge on any atom is 0.227 e. The lowest BCUT2D eigenvalue weighted by atomic mass is 10.5. The predicted octanol–water partition coefficient (Wildman–Crippen LogP) is 5.05. The van der Waals surface area contributed by atoms with Crippen molar-refractivity contribution in [3.05, 3.63) is 51.4 Å². The number of aromatic nitrogens is 8. The van der Waals surface area contributed by atoms with Crippen molar-refractivity contribution in [2.75, 3.05) is 23.6 Å². The molecule has 176 valence electrons. The molecule has 0 spiro atoms. The molecule has 10 nitrogen and oxygen atoms in total. The molecule has 0 amide bonds. The summed E-state index contributed by atoms with van der Waals surface area (Å²) >= 11 is 15.0. The van der Waals surface area contributed by atoms with Gasteiger partial charge in [0.2, 0.25) is 11.2 Å². The molecule has 0 aromatic carbocycles. The summed E-state index contributed by atoms with van der Waals surface area (Å²) in [5.41, 5.74) is 7.22. The Morgan fingerprint density at radius 1 is 0.848 bits per heavy atom. The van der Waals surface area contributed by atoms with Crippen molar-refractivity contribution >= 4 is 84.3 Å². The highest BCUT2D eigenvalue weighted by atomic mass is 79.9. The first-order valence-corrected chi connectivity index (χ1v) is 13.4. The Kier molecular flexibility index (Phi) is 11.4. The zero-order valence-electron chi connectivity index (χ0n) is 18.1. The summed E-state index contributed by atoms with van der Waals surface area (Å²) in [5, 5.41) is 13.6. The van der Waals surface area contributed by atoms with Gasteiger partial charge >= 0.3 is 0 Å². The molecule has 0 bridgehead atoms. The molecule has 4 aromatic heterocycles. The number of hydrogen-bond acceptors (Lipinski definition) is 10. The van der Waals surface area contributed by atoms with Gasteiger partial charge in [-0.3, -0.25) is 9.36 Å². The maximum atomic E-state index is 5.55. The summed E-state index contributed by atoms with van der Waals surface area (Å²) in [6.07, 6.45) is 14.2. The van der Waals surface area contributed by atoms with E-state index in [9.17, 15) is 0 Å². The minimum Gasteiger partial charge on any atom is -0.395 e. The monoisotopic (exact) mass is 634 g/mol. The molecule has 0 unspecified atom stereocenters. The van der Waals surface area contributed by atoms with Gasteiger partial charge in [0.05, 0.1) is 20.3 Å². The molecule has 0 saturated heterocycles. The second-order valence-corrected chi connectivity index (χ2v) is 9.77. The first kappa shape index (κ1) is 27.4. The van der Waals surface area contributed by atoms with Crippen LogP contribution in [0.1, 0.15) is 0 Å². The molecule has 0 fully saturated rings. The second kappa shape index (κ2) is 13.7. The molecule has 0 aliphatic rings. The van der Waals surface area contributed by atoms with E-state index in [-0.39, 0.29) is 5.28 Å². The average Bonchev–Trinajstić information content (AvgIpc) is 3.32. The number of aryl methyl sites for hydroxylation is 2. The smallest absolute Gasteiger partial charge is 0.227 e. The molecular formula is C18H21Br2ClN10S2. The third kappa shape index (κ3) is 9.49. The number of halogens is 3. The van der Waals surface area contributed by atoms with Crippen LogP contribution in [0.2, 0.25) is 5.28 Å². The van der Waals surface area contributed by atoms with Gasteiger partial charge in [-0.25, -0.2) is 19.9 Å². The number of nitrogens with two attached hydrogens (primary N) is 1. The van der Waals surface area contributed by atoms with E-state index in [1.165, 1.54) is 0 Å². The Morgan fingerprint density at radius 2 is 1.33 bits per heavy atom. The zero-order chi connectivity index (χ0) is 24.4. The van der Waals surface area contributed by atoms with Gasteiger partial charge < -0.3 is 11.1 Å². The van der Waals surface area contributed by atoms with E-state index in [0.29, 0.717) is 5.95 Å². The first-order chi connectivity index (χ1) is 15.7. The molecular weight excluding hydrogens is 616 g/mol. The normalized spacial score (nSPS) is 10.0. The van der Waals surface area contributed by atoms with E-state index in [4.69, 9.17) is 17.3 Å². The van der Waals surface area contributed by atoms with Gasteiger partial charge in [0.15, 0.2) is 0 Å². The summed E-state index contributed by atoms with van der Waals surface area (Å²) in [6, 6.07) is 0. The fraction of sp³-hybridized carbons (Fsp3) is 0.222. The topological polar surface area (TPSA) is 125 Å². The fourth-order valence-corrected chi connectivity index (χ4v) is 3.68. The van der Waals surface area contributed by atoms with E-state index in [1.54, 1.807) is 63.9 Å². The van der Waals surface area contributed by atoms with Crippen LogP contribution in [0.4, 0.5) is 17.3 Å². The largest absolute Gasteiger partial charge is 0.395 e. The Labute approximate surface area is 221 Å². The summed E-state index contributed by atoms with van der Waals surface area (Å²) in [7, 11) is 3.74. The Morgan fingerprint density at radius 3 is 1.76 bits per heavy atom. The van der Waals surface area contributed by atoms with Gasteiger partial charge in [0.1, 0.15) is 10.1 Å². The van der Waals surface area contributed by atoms with E-state index in [1.807, 2.05) is 32.8 Å². The lowest BCUT2D eigenvalue weighted by Gasteiger charge is -2.02. The molecule has 0 radical (unpaired) electrons. The summed E-state index contributed by atoms with van der Waals surface area (Å²) in [4.78, 5) is 15.7. The van der Waals surface area contributed by atoms with E-state index < -0.39 is 0 Å². The molecule has 4 heterocycles. The quantitative estimate of drug-likeness (QED) is 0.232. The number of hydrogen-bond donors (Lipinski definition) is 2. The van der Waals surface area contributed by atoms with Crippen molar-refractivity contribution in [2.45, 2.75) is 10.1 Å². The van der Waals surface area contributed by atoms with Crippen LogP contribution in [0.3, 0.4) is 0 Å². The number of nitrogens with one attached hydrogen (secondary N) is 1. The molecule has 0 saturated carbocycles. The highest BCUT2D eigenvalue weighted by Gasteiger charge is 2.07. The molecule has 4 aromatic rings. The van der Waals surface area contributed by atoms with E-state index >= 15 is 0 Å². The zero-order valence-corrected chi connectivity index (χ0v) is 23.6. The molecule has 0 atom stereocenters. The molecule has 33 heavy (non-hydrogen) atoms. The highest BCUT2D eigenvalue weighted by Crippen LogP contribution is 2.25. The SMILES string of the molecule is CSc1nn(C)cc1N.CSc1nn(C)cc1Nc1ncc(Br)cn1.Clc1ncc(Br)cn1. The maximum absolute atomic E-state index is 5.55. The Hall–Kier alpha value is -1.87. The van der Waals surface area contributed by atoms with Crippen molar-refractivity contribution < 1.29 is 0 Å². The molecule has 15 heteroatoms. The summed E-state index contributed by atoms with van der Waals surface area (Å²) < 4.78 is 5.16. The van der Waals surface area contributed by atoms with Crippen LogP contribution >= 0.6 is 67.0 Å². The highest BCUT2D eigenvalue weighted by molar-refractivity contribution is 9.10.